The summed E-state index contributed by atoms with van der Waals surface area (Å²) in [6, 6.07) is 5.14. The number of aryl methyl sites for hydroxylation is 1. The van der Waals surface area contributed by atoms with Crippen LogP contribution in [0.25, 0.3) is 11.3 Å². The van der Waals surface area contributed by atoms with Crippen molar-refractivity contribution >= 4 is 5.91 Å². The molecular formula is C19H22F3N3O2. The summed E-state index contributed by atoms with van der Waals surface area (Å²) < 4.78 is 44.1. The third-order valence-corrected chi connectivity index (χ3v) is 4.98. The number of halogens is 3. The highest BCUT2D eigenvalue weighted by Crippen LogP contribution is 2.33. The fourth-order valence-electron chi connectivity index (χ4n) is 3.46. The fourth-order valence-corrected chi connectivity index (χ4v) is 3.46. The van der Waals surface area contributed by atoms with E-state index in [0.29, 0.717) is 18.3 Å². The van der Waals surface area contributed by atoms with Gasteiger partial charge in [-0.15, -0.1) is 0 Å². The molecule has 8 heteroatoms. The number of amides is 1. The molecule has 1 aromatic carbocycles. The molecule has 2 aromatic rings. The summed E-state index contributed by atoms with van der Waals surface area (Å²) in [5.74, 6) is -0.337. The Kier molecular flexibility index (Phi) is 5.55. The van der Waals surface area contributed by atoms with Crippen molar-refractivity contribution in [3.8, 4) is 11.3 Å². The summed E-state index contributed by atoms with van der Waals surface area (Å²) >= 11 is 0. The van der Waals surface area contributed by atoms with Crippen LogP contribution in [-0.2, 0) is 6.18 Å². The van der Waals surface area contributed by atoms with Crippen molar-refractivity contribution in [1.29, 1.82) is 0 Å². The van der Waals surface area contributed by atoms with Crippen LogP contribution in [0.5, 0.6) is 0 Å². The number of hydrogen-bond acceptors (Lipinski definition) is 4. The predicted octanol–water partition coefficient (Wildman–Crippen LogP) is 3.88. The zero-order valence-electron chi connectivity index (χ0n) is 15.3. The van der Waals surface area contributed by atoms with E-state index < -0.39 is 11.7 Å². The van der Waals surface area contributed by atoms with E-state index in [1.165, 1.54) is 12.1 Å². The van der Waals surface area contributed by atoms with Gasteiger partial charge in [0, 0.05) is 18.2 Å². The molecule has 27 heavy (non-hydrogen) atoms. The number of nitrogens with one attached hydrogen (secondary N) is 1. The summed E-state index contributed by atoms with van der Waals surface area (Å²) in [7, 11) is 2.06. The second-order valence-electron chi connectivity index (χ2n) is 6.87. The maximum absolute atomic E-state index is 13.0. The van der Waals surface area contributed by atoms with E-state index in [2.05, 4.69) is 22.4 Å². The molecule has 1 unspecified atom stereocenters. The first-order valence-corrected chi connectivity index (χ1v) is 8.89. The fraction of sp³-hybridized carbons (Fsp3) is 0.474. The summed E-state index contributed by atoms with van der Waals surface area (Å²) in [4.78, 5) is 14.9. The highest BCUT2D eigenvalue weighted by molar-refractivity contribution is 6.00. The monoisotopic (exact) mass is 381 g/mol. The van der Waals surface area contributed by atoms with Crippen LogP contribution in [0.2, 0.25) is 0 Å². The summed E-state index contributed by atoms with van der Waals surface area (Å²) in [5, 5.41) is 6.62. The minimum atomic E-state index is -4.47. The first kappa shape index (κ1) is 19.4. The van der Waals surface area contributed by atoms with Gasteiger partial charge in [-0.05, 0) is 51.9 Å². The van der Waals surface area contributed by atoms with E-state index in [1.54, 1.807) is 6.92 Å². The van der Waals surface area contributed by atoms with Crippen LogP contribution in [-0.4, -0.2) is 42.1 Å². The number of rotatable bonds is 5. The Morgan fingerprint density at radius 2 is 2.19 bits per heavy atom. The maximum Gasteiger partial charge on any atom is 0.416 e. The summed E-state index contributed by atoms with van der Waals surface area (Å²) in [6.07, 6.45) is -1.39. The smallest absolute Gasteiger partial charge is 0.355 e. The third-order valence-electron chi connectivity index (χ3n) is 4.98. The topological polar surface area (TPSA) is 58.4 Å². The first-order valence-electron chi connectivity index (χ1n) is 8.89. The molecule has 2 heterocycles. The van der Waals surface area contributed by atoms with Crippen molar-refractivity contribution in [3.63, 3.8) is 0 Å². The SMILES string of the molecule is Cc1noc(-c2cccc(C(F)(F)F)c2)c1C(=O)NCCC1CCCN1C. The van der Waals surface area contributed by atoms with Crippen LogP contribution in [0.4, 0.5) is 13.2 Å². The van der Waals surface area contributed by atoms with E-state index in [1.807, 2.05) is 0 Å². The number of hydrogen-bond donors (Lipinski definition) is 1. The maximum atomic E-state index is 13.0. The Balaban J connectivity index is 1.75. The zero-order chi connectivity index (χ0) is 19.6. The number of aromatic nitrogens is 1. The molecule has 3 rings (SSSR count). The van der Waals surface area contributed by atoms with Crippen LogP contribution < -0.4 is 5.32 Å². The molecule has 1 aliphatic heterocycles. The average Bonchev–Trinajstić information content (AvgIpc) is 3.20. The van der Waals surface area contributed by atoms with Crippen molar-refractivity contribution in [3.05, 3.63) is 41.1 Å². The molecule has 1 aliphatic rings. The minimum absolute atomic E-state index is 0.0501. The molecular weight excluding hydrogens is 359 g/mol. The lowest BCUT2D eigenvalue weighted by atomic mass is 10.0. The van der Waals surface area contributed by atoms with E-state index in [0.717, 1.165) is 37.9 Å². The van der Waals surface area contributed by atoms with Crippen LogP contribution in [0, 0.1) is 6.92 Å². The molecule has 0 aliphatic carbocycles. The van der Waals surface area contributed by atoms with Gasteiger partial charge < -0.3 is 14.7 Å². The van der Waals surface area contributed by atoms with E-state index >= 15 is 0 Å². The lowest BCUT2D eigenvalue weighted by Crippen LogP contribution is -2.32. The van der Waals surface area contributed by atoms with Gasteiger partial charge in [0.2, 0.25) is 0 Å². The summed E-state index contributed by atoms with van der Waals surface area (Å²) in [5.41, 5.74) is -0.109. The molecule has 1 saturated heterocycles. The molecule has 1 atom stereocenters. The molecule has 0 bridgehead atoms. The molecule has 1 aromatic heterocycles. The van der Waals surface area contributed by atoms with Gasteiger partial charge in [-0.2, -0.15) is 13.2 Å². The van der Waals surface area contributed by atoms with Crippen LogP contribution >= 0.6 is 0 Å². The van der Waals surface area contributed by atoms with Gasteiger partial charge in [-0.1, -0.05) is 17.3 Å². The largest absolute Gasteiger partial charge is 0.416 e. The number of benzene rings is 1. The first-order chi connectivity index (χ1) is 12.8. The molecule has 1 fully saturated rings. The second kappa shape index (κ2) is 7.72. The van der Waals surface area contributed by atoms with Crippen molar-refractivity contribution in [2.45, 2.75) is 38.4 Å². The van der Waals surface area contributed by atoms with Gasteiger partial charge in [0.15, 0.2) is 5.76 Å². The molecule has 0 radical (unpaired) electrons. The van der Waals surface area contributed by atoms with Crippen molar-refractivity contribution in [2.75, 3.05) is 20.1 Å². The molecule has 146 valence electrons. The van der Waals surface area contributed by atoms with Crippen LogP contribution in [0.3, 0.4) is 0 Å². The number of alkyl halides is 3. The Labute approximate surface area is 155 Å². The third kappa shape index (κ3) is 4.32. The average molecular weight is 381 g/mol. The van der Waals surface area contributed by atoms with Gasteiger partial charge in [0.1, 0.15) is 5.56 Å². The van der Waals surface area contributed by atoms with Gasteiger partial charge in [0.05, 0.1) is 11.3 Å². The Morgan fingerprint density at radius 3 is 2.85 bits per heavy atom. The van der Waals surface area contributed by atoms with E-state index in [9.17, 15) is 18.0 Å². The lowest BCUT2D eigenvalue weighted by Gasteiger charge is -2.19. The van der Waals surface area contributed by atoms with Crippen molar-refractivity contribution in [1.82, 2.24) is 15.4 Å². The summed E-state index contributed by atoms with van der Waals surface area (Å²) in [6.45, 7) is 3.14. The molecule has 5 nitrogen and oxygen atoms in total. The van der Waals surface area contributed by atoms with Gasteiger partial charge in [-0.3, -0.25) is 4.79 Å². The Hall–Kier alpha value is -2.35. The van der Waals surface area contributed by atoms with Crippen LogP contribution in [0.1, 0.15) is 40.9 Å². The van der Waals surface area contributed by atoms with Gasteiger partial charge >= 0.3 is 6.18 Å². The van der Waals surface area contributed by atoms with Gasteiger partial charge in [0.25, 0.3) is 5.91 Å². The number of nitrogens with zero attached hydrogens (tertiary/aromatic N) is 2. The van der Waals surface area contributed by atoms with Crippen molar-refractivity contribution in [2.24, 2.45) is 0 Å². The Morgan fingerprint density at radius 1 is 1.41 bits per heavy atom. The number of likely N-dealkylation sites (tertiary alicyclic amines) is 1. The number of carbonyl (C=O) groups is 1. The van der Waals surface area contributed by atoms with Crippen molar-refractivity contribution < 1.29 is 22.5 Å². The van der Waals surface area contributed by atoms with Crippen LogP contribution in [0.15, 0.2) is 28.8 Å². The van der Waals surface area contributed by atoms with E-state index in [-0.39, 0.29) is 22.8 Å². The Bertz CT molecular complexity index is 817. The quantitative estimate of drug-likeness (QED) is 0.854. The highest BCUT2D eigenvalue weighted by atomic mass is 19.4. The number of carbonyl (C=O) groups excluding carboxylic acids is 1. The molecule has 0 saturated carbocycles. The zero-order valence-corrected chi connectivity index (χ0v) is 15.3. The lowest BCUT2D eigenvalue weighted by molar-refractivity contribution is -0.137. The highest BCUT2D eigenvalue weighted by Gasteiger charge is 2.31. The van der Waals surface area contributed by atoms with E-state index in [4.69, 9.17) is 4.52 Å². The normalized spacial score (nSPS) is 18.0. The molecule has 1 amide bonds. The minimum Gasteiger partial charge on any atom is -0.355 e. The van der Waals surface area contributed by atoms with Gasteiger partial charge in [-0.25, -0.2) is 0 Å². The standard InChI is InChI=1S/C19H22F3N3O2/c1-12-16(18(26)23-9-8-15-7-4-10-25(15)2)17(27-24-12)13-5-3-6-14(11-13)19(20,21)22/h3,5-6,11,15H,4,7-10H2,1-2H3,(H,23,26). The molecule has 0 spiro atoms. The predicted molar refractivity (Wildman–Crippen MR) is 94.3 cm³/mol. The second-order valence-corrected chi connectivity index (χ2v) is 6.87. The molecule has 1 N–H and O–H groups in total.